The molecule has 1 N–H and O–H groups in total. The summed E-state index contributed by atoms with van der Waals surface area (Å²) in [4.78, 5) is 11.9. The number of nitriles is 1. The number of benzene rings is 2. The summed E-state index contributed by atoms with van der Waals surface area (Å²) in [6, 6.07) is 16.6. The molecule has 0 saturated heterocycles. The smallest absolute Gasteiger partial charge is 0.262 e. The standard InChI is InChI=1S/C19H20N2O2/c1-3-14(2)16-6-10-18(11-7-16)23-13-19(22)21-17-8-4-15(12-20)5-9-17/h4-11,14H,3,13H2,1-2H3,(H,21,22). The Morgan fingerprint density at radius 3 is 2.39 bits per heavy atom. The first kappa shape index (κ1) is 16.6. The van der Waals surface area contributed by atoms with Gasteiger partial charge >= 0.3 is 0 Å². The largest absolute Gasteiger partial charge is 0.484 e. The molecule has 0 heterocycles. The molecule has 4 heteroatoms. The fourth-order valence-corrected chi connectivity index (χ4v) is 2.10. The first-order chi connectivity index (χ1) is 11.1. The third kappa shape index (κ3) is 4.86. The third-order valence-corrected chi connectivity index (χ3v) is 3.73. The van der Waals surface area contributed by atoms with Gasteiger partial charge in [-0.15, -0.1) is 0 Å². The number of amides is 1. The van der Waals surface area contributed by atoms with Gasteiger partial charge in [0.25, 0.3) is 5.91 Å². The van der Waals surface area contributed by atoms with Crippen molar-refractivity contribution in [3.05, 3.63) is 59.7 Å². The zero-order valence-electron chi connectivity index (χ0n) is 13.4. The molecule has 0 spiro atoms. The van der Waals surface area contributed by atoms with Crippen LogP contribution in [0, 0.1) is 11.3 Å². The van der Waals surface area contributed by atoms with Crippen LogP contribution in [0.3, 0.4) is 0 Å². The van der Waals surface area contributed by atoms with Crippen molar-refractivity contribution in [1.82, 2.24) is 0 Å². The average molecular weight is 308 g/mol. The second-order valence-corrected chi connectivity index (χ2v) is 5.40. The molecule has 0 aliphatic rings. The maximum absolute atomic E-state index is 11.9. The lowest BCUT2D eigenvalue weighted by Gasteiger charge is -2.11. The Morgan fingerprint density at radius 1 is 1.17 bits per heavy atom. The topological polar surface area (TPSA) is 62.1 Å². The number of ether oxygens (including phenoxy) is 1. The van der Waals surface area contributed by atoms with Gasteiger partial charge < -0.3 is 10.1 Å². The fourth-order valence-electron chi connectivity index (χ4n) is 2.10. The molecule has 0 aliphatic carbocycles. The van der Waals surface area contributed by atoms with Gasteiger partial charge in [-0.05, 0) is 54.3 Å². The van der Waals surface area contributed by atoms with E-state index in [2.05, 4.69) is 19.2 Å². The molecule has 2 aromatic rings. The molecule has 23 heavy (non-hydrogen) atoms. The summed E-state index contributed by atoms with van der Waals surface area (Å²) in [6.07, 6.45) is 1.09. The molecule has 2 aromatic carbocycles. The van der Waals surface area contributed by atoms with Gasteiger partial charge in [-0.2, -0.15) is 5.26 Å². The van der Waals surface area contributed by atoms with E-state index in [0.717, 1.165) is 6.42 Å². The van der Waals surface area contributed by atoms with Gasteiger partial charge in [0.1, 0.15) is 5.75 Å². The Morgan fingerprint density at radius 2 is 1.83 bits per heavy atom. The molecule has 0 aliphatic heterocycles. The van der Waals surface area contributed by atoms with Gasteiger partial charge in [0.15, 0.2) is 6.61 Å². The molecule has 0 radical (unpaired) electrons. The van der Waals surface area contributed by atoms with E-state index >= 15 is 0 Å². The Balaban J connectivity index is 1.85. The maximum Gasteiger partial charge on any atom is 0.262 e. The van der Waals surface area contributed by atoms with E-state index < -0.39 is 0 Å². The highest BCUT2D eigenvalue weighted by Crippen LogP contribution is 2.21. The Hall–Kier alpha value is -2.80. The number of rotatable bonds is 6. The summed E-state index contributed by atoms with van der Waals surface area (Å²) in [6.45, 7) is 4.28. The zero-order valence-corrected chi connectivity index (χ0v) is 13.4. The van der Waals surface area contributed by atoms with Crippen molar-refractivity contribution in [2.75, 3.05) is 11.9 Å². The molecule has 1 amide bonds. The van der Waals surface area contributed by atoms with Crippen molar-refractivity contribution in [2.45, 2.75) is 26.2 Å². The Labute approximate surface area is 136 Å². The quantitative estimate of drug-likeness (QED) is 0.874. The van der Waals surface area contributed by atoms with Gasteiger partial charge in [-0.25, -0.2) is 0 Å². The molecule has 118 valence electrons. The number of carbonyl (C=O) groups is 1. The second-order valence-electron chi connectivity index (χ2n) is 5.40. The highest BCUT2D eigenvalue weighted by Gasteiger charge is 2.06. The van der Waals surface area contributed by atoms with Crippen molar-refractivity contribution < 1.29 is 9.53 Å². The van der Waals surface area contributed by atoms with Gasteiger partial charge in [0, 0.05) is 5.69 Å². The van der Waals surface area contributed by atoms with E-state index in [1.807, 2.05) is 30.3 Å². The van der Waals surface area contributed by atoms with Crippen LogP contribution in [0.4, 0.5) is 5.69 Å². The van der Waals surface area contributed by atoms with E-state index in [1.165, 1.54) is 5.56 Å². The van der Waals surface area contributed by atoms with Crippen LogP contribution < -0.4 is 10.1 Å². The number of nitrogens with one attached hydrogen (secondary N) is 1. The van der Waals surface area contributed by atoms with E-state index in [-0.39, 0.29) is 12.5 Å². The molecule has 1 atom stereocenters. The Bertz CT molecular complexity index is 685. The van der Waals surface area contributed by atoms with Crippen molar-refractivity contribution in [3.63, 3.8) is 0 Å². The summed E-state index contributed by atoms with van der Waals surface area (Å²) >= 11 is 0. The minimum absolute atomic E-state index is 0.0529. The molecule has 0 fully saturated rings. The summed E-state index contributed by atoms with van der Waals surface area (Å²) in [5, 5.41) is 11.5. The van der Waals surface area contributed by atoms with Crippen LogP contribution in [-0.2, 0) is 4.79 Å². The minimum atomic E-state index is -0.235. The lowest BCUT2D eigenvalue weighted by molar-refractivity contribution is -0.118. The van der Waals surface area contributed by atoms with E-state index in [0.29, 0.717) is 22.9 Å². The molecule has 2 rings (SSSR count). The molecule has 1 unspecified atom stereocenters. The Kier molecular flexibility index (Phi) is 5.76. The molecule has 0 aromatic heterocycles. The average Bonchev–Trinajstić information content (AvgIpc) is 2.60. The van der Waals surface area contributed by atoms with E-state index in [4.69, 9.17) is 10.00 Å². The van der Waals surface area contributed by atoms with Crippen LogP contribution in [0.15, 0.2) is 48.5 Å². The van der Waals surface area contributed by atoms with E-state index in [9.17, 15) is 4.79 Å². The molecule has 4 nitrogen and oxygen atoms in total. The predicted molar refractivity (Wildman–Crippen MR) is 90.4 cm³/mol. The highest BCUT2D eigenvalue weighted by molar-refractivity contribution is 5.91. The number of carbonyl (C=O) groups excluding carboxylic acids is 1. The summed E-state index contributed by atoms with van der Waals surface area (Å²) in [5.41, 5.74) is 2.47. The normalized spacial score (nSPS) is 11.3. The van der Waals surface area contributed by atoms with Crippen LogP contribution in [-0.4, -0.2) is 12.5 Å². The molecular formula is C19H20N2O2. The van der Waals surface area contributed by atoms with Crippen LogP contribution in [0.1, 0.15) is 37.3 Å². The lowest BCUT2D eigenvalue weighted by atomic mass is 9.99. The number of nitrogens with zero attached hydrogens (tertiary/aromatic N) is 1. The van der Waals surface area contributed by atoms with E-state index in [1.54, 1.807) is 24.3 Å². The van der Waals surface area contributed by atoms with Crippen molar-refractivity contribution in [3.8, 4) is 11.8 Å². The van der Waals surface area contributed by atoms with Gasteiger partial charge in [0.2, 0.25) is 0 Å². The lowest BCUT2D eigenvalue weighted by Crippen LogP contribution is -2.20. The predicted octanol–water partition coefficient (Wildman–Crippen LogP) is 4.09. The highest BCUT2D eigenvalue weighted by atomic mass is 16.5. The second kappa shape index (κ2) is 8.00. The van der Waals surface area contributed by atoms with Crippen molar-refractivity contribution >= 4 is 11.6 Å². The van der Waals surface area contributed by atoms with Crippen molar-refractivity contribution in [1.29, 1.82) is 5.26 Å². The van der Waals surface area contributed by atoms with Crippen LogP contribution in [0.25, 0.3) is 0 Å². The first-order valence-corrected chi connectivity index (χ1v) is 7.65. The monoisotopic (exact) mass is 308 g/mol. The van der Waals surface area contributed by atoms with Crippen LogP contribution >= 0.6 is 0 Å². The number of hydrogen-bond donors (Lipinski definition) is 1. The summed E-state index contributed by atoms with van der Waals surface area (Å²) < 4.78 is 5.49. The SMILES string of the molecule is CCC(C)c1ccc(OCC(=O)Nc2ccc(C#N)cc2)cc1. The molecule has 0 bridgehead atoms. The summed E-state index contributed by atoms with van der Waals surface area (Å²) in [5.74, 6) is 0.955. The summed E-state index contributed by atoms with van der Waals surface area (Å²) in [7, 11) is 0. The molecule has 0 saturated carbocycles. The van der Waals surface area contributed by atoms with Gasteiger partial charge in [-0.1, -0.05) is 26.0 Å². The fraction of sp³-hybridized carbons (Fsp3) is 0.263. The molecular weight excluding hydrogens is 288 g/mol. The minimum Gasteiger partial charge on any atom is -0.484 e. The van der Waals surface area contributed by atoms with Crippen LogP contribution in [0.2, 0.25) is 0 Å². The zero-order chi connectivity index (χ0) is 16.7. The maximum atomic E-state index is 11.9. The number of anilines is 1. The number of hydrogen-bond acceptors (Lipinski definition) is 3. The van der Waals surface area contributed by atoms with Crippen molar-refractivity contribution in [2.24, 2.45) is 0 Å². The first-order valence-electron chi connectivity index (χ1n) is 7.65. The van der Waals surface area contributed by atoms with Gasteiger partial charge in [0.05, 0.1) is 11.6 Å². The van der Waals surface area contributed by atoms with Gasteiger partial charge in [-0.3, -0.25) is 4.79 Å². The van der Waals surface area contributed by atoms with Crippen LogP contribution in [0.5, 0.6) is 5.75 Å². The third-order valence-electron chi connectivity index (χ3n) is 3.73.